The number of thiocarbonyl (C=S) groups is 1. The summed E-state index contributed by atoms with van der Waals surface area (Å²) < 4.78 is 30.5. The molecule has 3 aromatic rings. The lowest BCUT2D eigenvalue weighted by Gasteiger charge is -2.39. The van der Waals surface area contributed by atoms with Crippen molar-refractivity contribution in [2.24, 2.45) is 0 Å². The Bertz CT molecular complexity index is 1190. The zero-order chi connectivity index (χ0) is 24.2. The van der Waals surface area contributed by atoms with Gasteiger partial charge in [0.15, 0.2) is 16.6 Å². The number of ether oxygens (including phenoxy) is 3. The normalized spacial score (nSPS) is 14.9. The molecule has 34 heavy (non-hydrogen) atoms. The number of fused-ring (bicyclic) bond motifs is 1. The van der Waals surface area contributed by atoms with Gasteiger partial charge < -0.3 is 24.4 Å². The average Bonchev–Trinajstić information content (AvgIpc) is 2.85. The van der Waals surface area contributed by atoms with Crippen molar-refractivity contribution in [3.05, 3.63) is 82.1 Å². The topological polar surface area (TPSA) is 43.0 Å². The molecule has 0 saturated carbocycles. The third-order valence-corrected chi connectivity index (χ3v) is 6.74. The first kappa shape index (κ1) is 24.1. The predicted molar refractivity (Wildman–Crippen MR) is 137 cm³/mol. The van der Waals surface area contributed by atoms with Crippen LogP contribution in [-0.2, 0) is 6.42 Å². The minimum atomic E-state index is -0.309. The molecule has 0 unspecified atom stereocenters. The van der Waals surface area contributed by atoms with Crippen LogP contribution in [0.3, 0.4) is 0 Å². The molecule has 4 rings (SSSR count). The molecule has 0 aliphatic carbocycles. The molecule has 1 aliphatic heterocycles. The summed E-state index contributed by atoms with van der Waals surface area (Å²) >= 11 is 12.1. The van der Waals surface area contributed by atoms with Crippen molar-refractivity contribution in [1.29, 1.82) is 0 Å². The Labute approximate surface area is 209 Å². The van der Waals surface area contributed by atoms with Crippen LogP contribution in [0, 0.1) is 12.7 Å². The van der Waals surface area contributed by atoms with Crippen LogP contribution in [0.1, 0.15) is 22.7 Å². The molecule has 0 amide bonds. The van der Waals surface area contributed by atoms with Crippen LogP contribution in [0.5, 0.6) is 17.2 Å². The molecule has 0 aromatic heterocycles. The summed E-state index contributed by atoms with van der Waals surface area (Å²) in [4.78, 5) is 2.10. The highest BCUT2D eigenvalue weighted by atomic mass is 35.5. The number of nitrogens with zero attached hydrogens (tertiary/aromatic N) is 1. The van der Waals surface area contributed by atoms with Crippen LogP contribution in [0.25, 0.3) is 0 Å². The van der Waals surface area contributed by atoms with Crippen LogP contribution in [-0.4, -0.2) is 37.4 Å². The molecular formula is C26H26ClFN2O3S. The van der Waals surface area contributed by atoms with E-state index in [0.717, 1.165) is 28.8 Å². The van der Waals surface area contributed by atoms with Gasteiger partial charge in [0.05, 0.1) is 20.3 Å². The van der Waals surface area contributed by atoms with Crippen molar-refractivity contribution >= 4 is 34.6 Å². The third-order valence-electron chi connectivity index (χ3n) is 5.99. The second-order valence-corrected chi connectivity index (χ2v) is 8.77. The van der Waals surface area contributed by atoms with E-state index in [1.165, 1.54) is 12.1 Å². The van der Waals surface area contributed by atoms with Crippen LogP contribution < -0.4 is 19.5 Å². The molecule has 0 fully saturated rings. The van der Waals surface area contributed by atoms with Crippen molar-refractivity contribution < 1.29 is 18.6 Å². The molecule has 1 N–H and O–H groups in total. The molecule has 178 valence electrons. The molecule has 1 heterocycles. The van der Waals surface area contributed by atoms with E-state index in [-0.39, 0.29) is 11.9 Å². The highest BCUT2D eigenvalue weighted by Gasteiger charge is 2.31. The van der Waals surface area contributed by atoms with E-state index in [4.69, 9.17) is 38.0 Å². The van der Waals surface area contributed by atoms with Gasteiger partial charge in [-0.15, -0.1) is 0 Å². The van der Waals surface area contributed by atoms with Gasteiger partial charge in [0.25, 0.3) is 0 Å². The second kappa shape index (κ2) is 10.5. The number of methoxy groups -OCH3 is 2. The van der Waals surface area contributed by atoms with Crippen LogP contribution in [0.15, 0.2) is 54.6 Å². The molecule has 0 saturated heterocycles. The van der Waals surface area contributed by atoms with Gasteiger partial charge in [-0.05, 0) is 90.8 Å². The Morgan fingerprint density at radius 2 is 1.82 bits per heavy atom. The van der Waals surface area contributed by atoms with E-state index in [0.29, 0.717) is 40.5 Å². The summed E-state index contributed by atoms with van der Waals surface area (Å²) in [6.45, 7) is 2.95. The van der Waals surface area contributed by atoms with Gasteiger partial charge in [0, 0.05) is 17.3 Å². The Balaban J connectivity index is 1.66. The molecule has 3 aromatic carbocycles. The monoisotopic (exact) mass is 500 g/mol. The van der Waals surface area contributed by atoms with E-state index >= 15 is 0 Å². The summed E-state index contributed by atoms with van der Waals surface area (Å²) in [5.74, 6) is 1.59. The lowest BCUT2D eigenvalue weighted by molar-refractivity contribution is 0.190. The van der Waals surface area contributed by atoms with Gasteiger partial charge in [-0.2, -0.15) is 0 Å². The Morgan fingerprint density at radius 3 is 2.53 bits per heavy atom. The van der Waals surface area contributed by atoms with Gasteiger partial charge in [-0.1, -0.05) is 17.7 Å². The Morgan fingerprint density at radius 1 is 1.12 bits per heavy atom. The number of benzene rings is 3. The van der Waals surface area contributed by atoms with Crippen molar-refractivity contribution in [3.63, 3.8) is 0 Å². The molecule has 8 heteroatoms. The fraction of sp³-hybridized carbons (Fsp3) is 0.269. The van der Waals surface area contributed by atoms with Gasteiger partial charge >= 0.3 is 0 Å². The highest BCUT2D eigenvalue weighted by Crippen LogP contribution is 2.39. The van der Waals surface area contributed by atoms with E-state index in [1.807, 2.05) is 37.3 Å². The van der Waals surface area contributed by atoms with E-state index in [2.05, 4.69) is 10.2 Å². The van der Waals surface area contributed by atoms with Crippen LogP contribution >= 0.6 is 23.8 Å². The molecule has 0 radical (unpaired) electrons. The van der Waals surface area contributed by atoms with Crippen molar-refractivity contribution in [2.75, 3.05) is 32.7 Å². The maximum absolute atomic E-state index is 13.3. The minimum Gasteiger partial charge on any atom is -0.493 e. The molecular weight excluding hydrogens is 475 g/mol. The minimum absolute atomic E-state index is 0.201. The zero-order valence-electron chi connectivity index (χ0n) is 19.2. The average molecular weight is 501 g/mol. The van der Waals surface area contributed by atoms with Gasteiger partial charge in [-0.3, -0.25) is 0 Å². The molecule has 5 nitrogen and oxygen atoms in total. The van der Waals surface area contributed by atoms with Crippen molar-refractivity contribution in [3.8, 4) is 17.2 Å². The van der Waals surface area contributed by atoms with Crippen LogP contribution in [0.2, 0.25) is 5.02 Å². The number of rotatable bonds is 6. The fourth-order valence-electron chi connectivity index (χ4n) is 4.09. The fourth-order valence-corrected chi connectivity index (χ4v) is 4.59. The molecule has 1 atom stereocenters. The SMILES string of the molecule is COc1cc2c(cc1OC)[C@H](COc1ccc(F)cc1)N(C(=S)Nc1cccc(Cl)c1C)CC2. The summed E-state index contributed by atoms with van der Waals surface area (Å²) in [6, 6.07) is 15.5. The smallest absolute Gasteiger partial charge is 0.174 e. The molecule has 0 spiro atoms. The Hall–Kier alpha value is -3.03. The van der Waals surface area contributed by atoms with E-state index in [9.17, 15) is 4.39 Å². The van der Waals surface area contributed by atoms with E-state index in [1.54, 1.807) is 26.4 Å². The summed E-state index contributed by atoms with van der Waals surface area (Å²) in [5.41, 5.74) is 3.96. The summed E-state index contributed by atoms with van der Waals surface area (Å²) in [7, 11) is 3.24. The largest absolute Gasteiger partial charge is 0.493 e. The number of hydrogen-bond acceptors (Lipinski definition) is 4. The molecule has 0 bridgehead atoms. The van der Waals surface area contributed by atoms with Gasteiger partial charge in [0.1, 0.15) is 18.2 Å². The Kier molecular flexibility index (Phi) is 7.44. The summed E-state index contributed by atoms with van der Waals surface area (Å²) in [6.07, 6.45) is 0.777. The first-order valence-corrected chi connectivity index (χ1v) is 11.7. The number of hydrogen-bond donors (Lipinski definition) is 1. The van der Waals surface area contributed by atoms with Crippen LogP contribution in [0.4, 0.5) is 10.1 Å². The lowest BCUT2D eigenvalue weighted by atomic mass is 9.92. The van der Waals surface area contributed by atoms with Gasteiger partial charge in [0.2, 0.25) is 0 Å². The standard InChI is InChI=1S/C26H26ClFN2O3S/c1-16-21(27)5-4-6-22(16)29-26(34)30-12-11-17-13-24(31-2)25(32-3)14-20(17)23(30)15-33-19-9-7-18(28)8-10-19/h4-10,13-14,23H,11-12,15H2,1-3H3,(H,29,34)/t23-/m0/s1. The second-order valence-electron chi connectivity index (χ2n) is 7.97. The van der Waals surface area contributed by atoms with Crippen molar-refractivity contribution in [1.82, 2.24) is 4.90 Å². The van der Waals surface area contributed by atoms with Crippen molar-refractivity contribution in [2.45, 2.75) is 19.4 Å². The lowest BCUT2D eigenvalue weighted by Crippen LogP contribution is -2.44. The zero-order valence-corrected chi connectivity index (χ0v) is 20.8. The molecule has 1 aliphatic rings. The maximum atomic E-state index is 13.3. The summed E-state index contributed by atoms with van der Waals surface area (Å²) in [5, 5.41) is 4.59. The first-order valence-electron chi connectivity index (χ1n) is 10.9. The third kappa shape index (κ3) is 5.05. The quantitative estimate of drug-likeness (QED) is 0.408. The number of anilines is 1. The number of halogens is 2. The predicted octanol–water partition coefficient (Wildman–Crippen LogP) is 6.18. The van der Waals surface area contributed by atoms with E-state index < -0.39 is 0 Å². The maximum Gasteiger partial charge on any atom is 0.174 e. The van der Waals surface area contributed by atoms with Gasteiger partial charge in [-0.25, -0.2) is 4.39 Å². The highest BCUT2D eigenvalue weighted by molar-refractivity contribution is 7.80. The number of nitrogens with one attached hydrogen (secondary N) is 1. The first-order chi connectivity index (χ1) is 16.4.